The van der Waals surface area contributed by atoms with Crippen LogP contribution < -0.4 is 16.0 Å². The van der Waals surface area contributed by atoms with E-state index in [9.17, 15) is 24.4 Å². The number of nitrogens with one attached hydrogen (secondary N) is 3. The van der Waals surface area contributed by atoms with Crippen molar-refractivity contribution in [2.24, 2.45) is 11.8 Å². The van der Waals surface area contributed by atoms with E-state index in [1.54, 1.807) is 0 Å². The quantitative estimate of drug-likeness (QED) is 0.224. The van der Waals surface area contributed by atoms with Gasteiger partial charge in [-0.15, -0.1) is 0 Å². The number of carbonyl (C=O) groups excluding carboxylic acids is 3. The number of benzene rings is 2. The highest BCUT2D eigenvalue weighted by Crippen LogP contribution is 2.30. The summed E-state index contributed by atoms with van der Waals surface area (Å²) in [6, 6.07) is 14.6. The third-order valence-electron chi connectivity index (χ3n) is 6.78. The summed E-state index contributed by atoms with van der Waals surface area (Å²) in [5.74, 6) is -1.79. The molecule has 1 aliphatic carbocycles. The van der Waals surface area contributed by atoms with Crippen LogP contribution in [0.15, 0.2) is 59.1 Å². The van der Waals surface area contributed by atoms with Crippen molar-refractivity contribution in [1.82, 2.24) is 16.0 Å². The first-order valence-electron chi connectivity index (χ1n) is 13.3. The van der Waals surface area contributed by atoms with Crippen molar-refractivity contribution in [3.05, 3.63) is 70.2 Å². The van der Waals surface area contributed by atoms with Crippen LogP contribution in [0.5, 0.6) is 0 Å². The predicted octanol–water partition coefficient (Wildman–Crippen LogP) is 3.11. The highest BCUT2D eigenvalue weighted by atomic mass is 79.9. The number of hydrogen-bond donors (Lipinski definition) is 5. The van der Waals surface area contributed by atoms with Crippen LogP contribution in [-0.4, -0.2) is 53.1 Å². The van der Waals surface area contributed by atoms with E-state index in [1.807, 2.05) is 68.4 Å². The van der Waals surface area contributed by atoms with Gasteiger partial charge in [-0.05, 0) is 54.4 Å². The first kappa shape index (κ1) is 30.7. The maximum Gasteiger partial charge on any atom is 0.475 e. The van der Waals surface area contributed by atoms with Crippen molar-refractivity contribution >= 4 is 41.0 Å². The number of rotatable bonds is 13. The third-order valence-corrected chi connectivity index (χ3v) is 7.27. The standard InChI is InChI=1S/C28H37BBrN3O6/c1-18(2)14-23(27(35)33-25(29(37)38)21-11-7-12-21)31-26(34)24(16-20-10-6-13-22(30)15-20)32-28(36)39-17-19-8-4-3-5-9-19/h3-6,8-10,13,15,18,21,23-25,37-38H,7,11-12,14,16-17H2,1-2H3,(H,31,34)(H,32,36)(H,33,35)/t23-,24-,25-/m0/s1. The Hall–Kier alpha value is -2.89. The molecule has 1 fully saturated rings. The Morgan fingerprint density at radius 1 is 0.949 bits per heavy atom. The largest absolute Gasteiger partial charge is 0.475 e. The minimum Gasteiger partial charge on any atom is -0.445 e. The number of carbonyl (C=O) groups is 3. The molecule has 3 atom stereocenters. The summed E-state index contributed by atoms with van der Waals surface area (Å²) >= 11 is 3.43. The van der Waals surface area contributed by atoms with Crippen LogP contribution in [0.25, 0.3) is 0 Å². The first-order chi connectivity index (χ1) is 18.6. The van der Waals surface area contributed by atoms with E-state index in [1.165, 1.54) is 0 Å². The first-order valence-corrected chi connectivity index (χ1v) is 14.1. The van der Waals surface area contributed by atoms with Gasteiger partial charge in [0.15, 0.2) is 0 Å². The molecule has 0 saturated heterocycles. The molecule has 5 N–H and O–H groups in total. The van der Waals surface area contributed by atoms with Gasteiger partial charge in [0.2, 0.25) is 11.8 Å². The van der Waals surface area contributed by atoms with Crippen molar-refractivity contribution in [2.75, 3.05) is 0 Å². The zero-order valence-electron chi connectivity index (χ0n) is 22.3. The fourth-order valence-corrected chi connectivity index (χ4v) is 4.94. The van der Waals surface area contributed by atoms with Crippen LogP contribution in [0, 0.1) is 11.8 Å². The maximum absolute atomic E-state index is 13.5. The molecule has 0 bridgehead atoms. The van der Waals surface area contributed by atoms with Crippen molar-refractivity contribution in [3.63, 3.8) is 0 Å². The number of hydrogen-bond acceptors (Lipinski definition) is 6. The van der Waals surface area contributed by atoms with Gasteiger partial charge in [-0.25, -0.2) is 4.79 Å². The number of amides is 3. The van der Waals surface area contributed by atoms with Crippen LogP contribution in [0.1, 0.15) is 50.7 Å². The Kier molecular flexibility index (Phi) is 11.8. The monoisotopic (exact) mass is 601 g/mol. The predicted molar refractivity (Wildman–Crippen MR) is 152 cm³/mol. The van der Waals surface area contributed by atoms with Gasteiger partial charge in [0.25, 0.3) is 0 Å². The number of alkyl carbamates (subject to hydrolysis) is 1. The average Bonchev–Trinajstić information content (AvgIpc) is 2.85. The minimum atomic E-state index is -1.69. The van der Waals surface area contributed by atoms with E-state index in [0.717, 1.165) is 34.9 Å². The average molecular weight is 602 g/mol. The topological polar surface area (TPSA) is 137 Å². The molecular weight excluding hydrogens is 565 g/mol. The second-order valence-corrected chi connectivity index (χ2v) is 11.3. The Morgan fingerprint density at radius 3 is 2.21 bits per heavy atom. The summed E-state index contributed by atoms with van der Waals surface area (Å²) in [6.45, 7) is 3.89. The van der Waals surface area contributed by atoms with Crippen molar-refractivity contribution < 1.29 is 29.2 Å². The van der Waals surface area contributed by atoms with E-state index >= 15 is 0 Å². The lowest BCUT2D eigenvalue weighted by molar-refractivity contribution is -0.130. The van der Waals surface area contributed by atoms with Gasteiger partial charge in [0.05, 0.1) is 5.94 Å². The van der Waals surface area contributed by atoms with Crippen molar-refractivity contribution in [1.29, 1.82) is 0 Å². The fraction of sp³-hybridized carbons (Fsp3) is 0.464. The smallest absolute Gasteiger partial charge is 0.445 e. The molecule has 9 nitrogen and oxygen atoms in total. The summed E-state index contributed by atoms with van der Waals surface area (Å²) < 4.78 is 6.16. The molecule has 0 radical (unpaired) electrons. The van der Waals surface area contributed by atoms with E-state index in [-0.39, 0.29) is 24.9 Å². The van der Waals surface area contributed by atoms with Crippen LogP contribution in [0.4, 0.5) is 4.79 Å². The lowest BCUT2D eigenvalue weighted by Crippen LogP contribution is -2.59. The summed E-state index contributed by atoms with van der Waals surface area (Å²) in [5, 5.41) is 27.8. The molecule has 2 aromatic rings. The Balaban J connectivity index is 1.72. The molecule has 3 rings (SSSR count). The summed E-state index contributed by atoms with van der Waals surface area (Å²) in [7, 11) is -1.69. The van der Waals surface area contributed by atoms with Crippen molar-refractivity contribution in [2.45, 2.75) is 70.6 Å². The van der Waals surface area contributed by atoms with E-state index < -0.39 is 43.1 Å². The Labute approximate surface area is 238 Å². The third kappa shape index (κ3) is 9.98. The molecule has 39 heavy (non-hydrogen) atoms. The molecule has 0 heterocycles. The molecule has 0 aliphatic heterocycles. The second kappa shape index (κ2) is 15.0. The second-order valence-electron chi connectivity index (χ2n) is 10.4. The molecule has 2 aromatic carbocycles. The van der Waals surface area contributed by atoms with Gasteiger partial charge in [-0.3, -0.25) is 9.59 Å². The summed E-state index contributed by atoms with van der Waals surface area (Å²) in [6.07, 6.45) is 2.31. The van der Waals surface area contributed by atoms with Gasteiger partial charge in [-0.2, -0.15) is 0 Å². The van der Waals surface area contributed by atoms with Gasteiger partial charge in [0.1, 0.15) is 18.7 Å². The molecular formula is C28H37BBrN3O6. The van der Waals surface area contributed by atoms with Crippen LogP contribution in [0.2, 0.25) is 0 Å². The van der Waals surface area contributed by atoms with E-state index in [2.05, 4.69) is 31.9 Å². The Morgan fingerprint density at radius 2 is 1.62 bits per heavy atom. The fourth-order valence-electron chi connectivity index (χ4n) is 4.49. The normalized spacial score (nSPS) is 15.4. The molecule has 1 saturated carbocycles. The molecule has 1 aliphatic rings. The summed E-state index contributed by atoms with van der Waals surface area (Å²) in [5.41, 5.74) is 1.60. The Bertz CT molecular complexity index is 1100. The maximum atomic E-state index is 13.5. The number of halogens is 1. The van der Waals surface area contributed by atoms with E-state index in [4.69, 9.17) is 4.74 Å². The summed E-state index contributed by atoms with van der Waals surface area (Å²) in [4.78, 5) is 39.4. The van der Waals surface area contributed by atoms with Crippen LogP contribution in [0.3, 0.4) is 0 Å². The molecule has 0 unspecified atom stereocenters. The highest BCUT2D eigenvalue weighted by molar-refractivity contribution is 9.10. The van der Waals surface area contributed by atoms with Crippen molar-refractivity contribution in [3.8, 4) is 0 Å². The van der Waals surface area contributed by atoms with E-state index in [0.29, 0.717) is 6.42 Å². The molecule has 0 aromatic heterocycles. The van der Waals surface area contributed by atoms with Gasteiger partial charge < -0.3 is 30.7 Å². The molecule has 11 heteroatoms. The zero-order chi connectivity index (χ0) is 28.4. The van der Waals surface area contributed by atoms with Crippen LogP contribution >= 0.6 is 15.9 Å². The highest BCUT2D eigenvalue weighted by Gasteiger charge is 2.38. The van der Waals surface area contributed by atoms with Gasteiger partial charge >= 0.3 is 13.2 Å². The lowest BCUT2D eigenvalue weighted by Gasteiger charge is -2.35. The van der Waals surface area contributed by atoms with Gasteiger partial charge in [0, 0.05) is 10.9 Å². The van der Waals surface area contributed by atoms with Crippen LogP contribution in [-0.2, 0) is 27.4 Å². The lowest BCUT2D eigenvalue weighted by atomic mass is 9.64. The minimum absolute atomic E-state index is 0.0188. The zero-order valence-corrected chi connectivity index (χ0v) is 23.9. The molecule has 210 valence electrons. The molecule has 3 amide bonds. The molecule has 0 spiro atoms. The number of ether oxygens (including phenoxy) is 1. The van der Waals surface area contributed by atoms with Gasteiger partial charge in [-0.1, -0.05) is 78.7 Å². The SMILES string of the molecule is CC(C)C[C@H](NC(=O)[C@H](Cc1cccc(Br)c1)NC(=O)OCc1ccccc1)C(=O)N[C@H](B(O)O)C1CCC1.